The van der Waals surface area contributed by atoms with Crippen molar-refractivity contribution in [1.29, 1.82) is 0 Å². The zero-order valence-electron chi connectivity index (χ0n) is 15.9. The van der Waals surface area contributed by atoms with Gasteiger partial charge in [0.05, 0.1) is 11.8 Å². The zero-order chi connectivity index (χ0) is 20.0. The van der Waals surface area contributed by atoms with Gasteiger partial charge in [-0.25, -0.2) is 0 Å². The molecule has 2 bridgehead atoms. The van der Waals surface area contributed by atoms with E-state index in [0.717, 1.165) is 54.4 Å². The number of nitrogens with zero attached hydrogens (tertiary/aromatic N) is 1. The Morgan fingerprint density at radius 1 is 0.690 bits per heavy atom. The van der Waals surface area contributed by atoms with Crippen LogP contribution >= 0.6 is 23.2 Å². The van der Waals surface area contributed by atoms with Gasteiger partial charge < -0.3 is 0 Å². The first-order chi connectivity index (χ1) is 14.0. The lowest BCUT2D eigenvalue weighted by atomic mass is 9.54. The van der Waals surface area contributed by atoms with Crippen molar-refractivity contribution in [2.75, 3.05) is 0 Å². The lowest BCUT2D eigenvalue weighted by molar-refractivity contribution is -0.143. The molecule has 5 aliphatic rings. The molecule has 1 saturated carbocycles. The van der Waals surface area contributed by atoms with Crippen molar-refractivity contribution in [1.82, 2.24) is 4.90 Å². The maximum absolute atomic E-state index is 13.8. The SMILES string of the molecule is O=C1[C@@H]2[C@@H](C(=O)N1C1CCCCC1)C1(Cl)c3ccccc3C2(Cl)c2ccccc21. The van der Waals surface area contributed by atoms with Crippen molar-refractivity contribution in [3.63, 3.8) is 0 Å². The second kappa shape index (κ2) is 5.86. The number of rotatable bonds is 1. The molecule has 3 nitrogen and oxygen atoms in total. The largest absolute Gasteiger partial charge is 0.279 e. The summed E-state index contributed by atoms with van der Waals surface area (Å²) >= 11 is 14.9. The number of carbonyl (C=O) groups excluding carboxylic acids is 2. The van der Waals surface area contributed by atoms with E-state index in [-0.39, 0.29) is 17.9 Å². The van der Waals surface area contributed by atoms with Crippen LogP contribution in [0, 0.1) is 11.8 Å². The monoisotopic (exact) mass is 425 g/mol. The Hall–Kier alpha value is -1.84. The van der Waals surface area contributed by atoms with Gasteiger partial charge in [0.25, 0.3) is 0 Å². The average molecular weight is 426 g/mol. The molecule has 0 N–H and O–H groups in total. The first kappa shape index (κ1) is 18.0. The predicted molar refractivity (Wildman–Crippen MR) is 112 cm³/mol. The molecule has 4 aliphatic carbocycles. The van der Waals surface area contributed by atoms with Crippen molar-refractivity contribution < 1.29 is 9.59 Å². The molecule has 1 aliphatic heterocycles. The van der Waals surface area contributed by atoms with Gasteiger partial charge in [-0.1, -0.05) is 67.8 Å². The molecule has 0 aromatic heterocycles. The summed E-state index contributed by atoms with van der Waals surface area (Å²) in [4.78, 5) is 26.9. The summed E-state index contributed by atoms with van der Waals surface area (Å²) in [6, 6.07) is 15.6. The number of benzene rings is 2. The summed E-state index contributed by atoms with van der Waals surface area (Å²) in [5.74, 6) is -1.62. The Morgan fingerprint density at radius 3 is 1.45 bits per heavy atom. The van der Waals surface area contributed by atoms with Crippen molar-refractivity contribution >= 4 is 35.0 Å². The molecule has 7 rings (SSSR count). The number of likely N-dealkylation sites (tertiary alicyclic amines) is 1. The number of alkyl halides is 2. The van der Waals surface area contributed by atoms with Gasteiger partial charge in [0.15, 0.2) is 0 Å². The van der Waals surface area contributed by atoms with E-state index in [1.54, 1.807) is 4.90 Å². The number of imide groups is 1. The van der Waals surface area contributed by atoms with Crippen LogP contribution in [0.3, 0.4) is 0 Å². The minimum absolute atomic E-state index is 0.0273. The molecule has 1 saturated heterocycles. The van der Waals surface area contributed by atoms with E-state index in [1.165, 1.54) is 0 Å². The van der Waals surface area contributed by atoms with Gasteiger partial charge in [-0.3, -0.25) is 14.5 Å². The van der Waals surface area contributed by atoms with E-state index >= 15 is 0 Å². The van der Waals surface area contributed by atoms with E-state index in [0.29, 0.717) is 0 Å². The van der Waals surface area contributed by atoms with E-state index < -0.39 is 21.6 Å². The maximum atomic E-state index is 13.8. The molecule has 2 fully saturated rings. The van der Waals surface area contributed by atoms with Gasteiger partial charge in [-0.15, -0.1) is 23.2 Å². The molecule has 2 aromatic carbocycles. The lowest BCUT2D eigenvalue weighted by Crippen LogP contribution is -2.57. The van der Waals surface area contributed by atoms with Crippen LogP contribution < -0.4 is 0 Å². The number of amides is 2. The molecule has 5 heteroatoms. The number of halogens is 2. The summed E-state index contributed by atoms with van der Waals surface area (Å²) < 4.78 is 0. The van der Waals surface area contributed by atoms with E-state index in [1.807, 2.05) is 48.5 Å². The summed E-state index contributed by atoms with van der Waals surface area (Å²) in [5, 5.41) is 0. The molecular weight excluding hydrogens is 405 g/mol. The second-order valence-corrected chi connectivity index (χ2v) is 10.0. The van der Waals surface area contributed by atoms with Crippen LogP contribution in [0.5, 0.6) is 0 Å². The highest BCUT2D eigenvalue weighted by Crippen LogP contribution is 2.69. The van der Waals surface area contributed by atoms with Gasteiger partial charge in [0.1, 0.15) is 9.75 Å². The smallest absolute Gasteiger partial charge is 0.235 e. The summed E-state index contributed by atoms with van der Waals surface area (Å²) in [5.41, 5.74) is 3.46. The topological polar surface area (TPSA) is 37.4 Å². The molecule has 0 unspecified atom stereocenters. The summed E-state index contributed by atoms with van der Waals surface area (Å²) in [6.45, 7) is 0. The standard InChI is InChI=1S/C24H21Cl2NO2/c25-23-15-10-4-5-11-16(15)24(26,18-13-7-6-12-17(18)23)20-19(23)21(28)27(22(20)29)14-8-2-1-3-9-14/h4-7,10-14,19-20H,1-3,8-9H2/t19-,20-,23?,24?/m0/s1. The molecule has 0 radical (unpaired) electrons. The van der Waals surface area contributed by atoms with Crippen LogP contribution in [-0.2, 0) is 19.3 Å². The lowest BCUT2D eigenvalue weighted by Gasteiger charge is -2.54. The normalized spacial score (nSPS) is 35.4. The molecule has 2 aromatic rings. The Morgan fingerprint density at radius 2 is 1.07 bits per heavy atom. The summed E-state index contributed by atoms with van der Waals surface area (Å²) in [7, 11) is 0. The molecular formula is C24H21Cl2NO2. The fraction of sp³-hybridized carbons (Fsp3) is 0.417. The van der Waals surface area contributed by atoms with Crippen LogP contribution in [0.15, 0.2) is 48.5 Å². The second-order valence-electron chi connectivity index (χ2n) is 8.81. The number of hydrogen-bond donors (Lipinski definition) is 0. The number of carbonyl (C=O) groups is 2. The minimum atomic E-state index is -1.06. The van der Waals surface area contributed by atoms with Gasteiger partial charge >= 0.3 is 0 Å². The fourth-order valence-corrected chi connectivity index (χ4v) is 7.49. The van der Waals surface area contributed by atoms with Gasteiger partial charge in [-0.2, -0.15) is 0 Å². The van der Waals surface area contributed by atoms with Crippen LogP contribution in [0.1, 0.15) is 54.4 Å². The third kappa shape index (κ3) is 1.96. The third-order valence-corrected chi connectivity index (χ3v) is 8.84. The Balaban J connectivity index is 1.62. The third-order valence-electron chi connectivity index (χ3n) is 7.56. The van der Waals surface area contributed by atoms with Gasteiger partial charge in [-0.05, 0) is 35.1 Å². The molecule has 0 spiro atoms. The molecule has 2 atom stereocenters. The maximum Gasteiger partial charge on any atom is 0.235 e. The van der Waals surface area contributed by atoms with E-state index in [4.69, 9.17) is 23.2 Å². The molecule has 1 heterocycles. The van der Waals surface area contributed by atoms with Crippen molar-refractivity contribution in [2.24, 2.45) is 11.8 Å². The average Bonchev–Trinajstić information content (AvgIpc) is 3.04. The minimum Gasteiger partial charge on any atom is -0.279 e. The highest BCUT2D eigenvalue weighted by Gasteiger charge is 2.73. The van der Waals surface area contributed by atoms with Crippen molar-refractivity contribution in [3.8, 4) is 0 Å². The van der Waals surface area contributed by atoms with Crippen LogP contribution in [0.4, 0.5) is 0 Å². The first-order valence-electron chi connectivity index (χ1n) is 10.5. The summed E-state index contributed by atoms with van der Waals surface area (Å²) in [6.07, 6.45) is 5.02. The predicted octanol–water partition coefficient (Wildman–Crippen LogP) is 4.91. The van der Waals surface area contributed by atoms with Crippen molar-refractivity contribution in [3.05, 3.63) is 70.8 Å². The Bertz CT molecular complexity index is 937. The molecule has 29 heavy (non-hydrogen) atoms. The van der Waals surface area contributed by atoms with E-state index in [2.05, 4.69) is 0 Å². The Kier molecular flexibility index (Phi) is 3.63. The molecule has 2 amide bonds. The van der Waals surface area contributed by atoms with Crippen molar-refractivity contribution in [2.45, 2.75) is 47.9 Å². The Labute approximate surface area is 180 Å². The molecule has 148 valence electrons. The highest BCUT2D eigenvalue weighted by atomic mass is 35.5. The van der Waals surface area contributed by atoms with Gasteiger partial charge in [0, 0.05) is 6.04 Å². The van der Waals surface area contributed by atoms with Gasteiger partial charge in [0.2, 0.25) is 11.8 Å². The van der Waals surface area contributed by atoms with E-state index in [9.17, 15) is 9.59 Å². The number of hydrogen-bond acceptors (Lipinski definition) is 2. The van der Waals surface area contributed by atoms with Crippen LogP contribution in [0.25, 0.3) is 0 Å². The highest BCUT2D eigenvalue weighted by molar-refractivity contribution is 6.36. The quantitative estimate of drug-likeness (QED) is 0.480. The van der Waals surface area contributed by atoms with Crippen LogP contribution in [-0.4, -0.2) is 22.8 Å². The fourth-order valence-electron chi connectivity index (χ4n) is 6.39. The zero-order valence-corrected chi connectivity index (χ0v) is 17.4. The van der Waals surface area contributed by atoms with Crippen LogP contribution in [0.2, 0.25) is 0 Å². The first-order valence-corrected chi connectivity index (χ1v) is 11.2.